The molecule has 3 rings (SSSR count). The molecular weight excluding hydrogens is 383 g/mol. The van der Waals surface area contributed by atoms with Crippen LogP contribution in [-0.4, -0.2) is 17.2 Å². The Bertz CT molecular complexity index is 986. The van der Waals surface area contributed by atoms with E-state index in [9.17, 15) is 9.90 Å². The molecular formula is C21H16Cl2N2O2. The molecule has 0 heterocycles. The minimum atomic E-state index is -0.366. The van der Waals surface area contributed by atoms with Crippen molar-refractivity contribution in [2.75, 3.05) is 0 Å². The molecule has 0 unspecified atom stereocenters. The number of hydrogen-bond acceptors (Lipinski definition) is 3. The van der Waals surface area contributed by atoms with Gasteiger partial charge in [-0.05, 0) is 60.0 Å². The second-order valence-electron chi connectivity index (χ2n) is 5.87. The molecule has 1 amide bonds. The SMILES string of the molecule is O=C(NN=Cc1cc(Cc2ccccc2Cl)ccc1O)c1ccc(Cl)cc1. The smallest absolute Gasteiger partial charge is 0.271 e. The van der Waals surface area contributed by atoms with E-state index < -0.39 is 0 Å². The second kappa shape index (κ2) is 8.71. The monoisotopic (exact) mass is 398 g/mol. The molecule has 4 nitrogen and oxygen atoms in total. The van der Waals surface area contributed by atoms with Gasteiger partial charge in [0.25, 0.3) is 5.91 Å². The standard InChI is InChI=1S/C21H16Cl2N2O2/c22-18-8-6-15(7-9-18)21(27)25-24-13-17-12-14(5-10-20(17)26)11-16-3-1-2-4-19(16)23/h1-10,12-13,26H,11H2,(H,25,27). The molecule has 0 spiro atoms. The van der Waals surface area contributed by atoms with E-state index >= 15 is 0 Å². The molecule has 0 aliphatic heterocycles. The van der Waals surface area contributed by atoms with Gasteiger partial charge >= 0.3 is 0 Å². The first kappa shape index (κ1) is 19.0. The highest BCUT2D eigenvalue weighted by atomic mass is 35.5. The number of nitrogens with one attached hydrogen (secondary N) is 1. The van der Waals surface area contributed by atoms with Gasteiger partial charge in [-0.25, -0.2) is 5.43 Å². The molecule has 0 aliphatic carbocycles. The minimum absolute atomic E-state index is 0.0717. The van der Waals surface area contributed by atoms with Crippen LogP contribution in [0.25, 0.3) is 0 Å². The highest BCUT2D eigenvalue weighted by Gasteiger charge is 2.06. The number of amides is 1. The fraction of sp³-hybridized carbons (Fsp3) is 0.0476. The maximum absolute atomic E-state index is 12.0. The molecule has 0 aromatic heterocycles. The normalized spacial score (nSPS) is 10.9. The molecule has 0 saturated carbocycles. The van der Waals surface area contributed by atoms with E-state index in [2.05, 4.69) is 10.5 Å². The lowest BCUT2D eigenvalue weighted by molar-refractivity contribution is 0.0955. The number of aromatic hydroxyl groups is 1. The predicted octanol–water partition coefficient (Wildman–Crippen LogP) is 5.05. The Morgan fingerprint density at radius 1 is 1.04 bits per heavy atom. The third-order valence-corrected chi connectivity index (χ3v) is 4.54. The fourth-order valence-corrected chi connectivity index (χ4v) is 2.83. The zero-order valence-electron chi connectivity index (χ0n) is 14.2. The maximum Gasteiger partial charge on any atom is 0.271 e. The number of carbonyl (C=O) groups excluding carboxylic acids is 1. The van der Waals surface area contributed by atoms with E-state index in [1.165, 1.54) is 6.21 Å². The first-order valence-corrected chi connectivity index (χ1v) is 8.93. The number of hydrazone groups is 1. The molecule has 0 atom stereocenters. The van der Waals surface area contributed by atoms with Crippen molar-refractivity contribution in [3.63, 3.8) is 0 Å². The zero-order valence-corrected chi connectivity index (χ0v) is 15.7. The van der Waals surface area contributed by atoms with Gasteiger partial charge in [0.05, 0.1) is 6.21 Å². The molecule has 0 radical (unpaired) electrons. The van der Waals surface area contributed by atoms with Crippen LogP contribution in [0.5, 0.6) is 5.75 Å². The Labute approximate surface area is 167 Å². The van der Waals surface area contributed by atoms with Gasteiger partial charge < -0.3 is 5.11 Å². The lowest BCUT2D eigenvalue weighted by Gasteiger charge is -2.07. The number of hydrogen-bond donors (Lipinski definition) is 2. The Hall–Kier alpha value is -2.82. The summed E-state index contributed by atoms with van der Waals surface area (Å²) < 4.78 is 0. The van der Waals surface area contributed by atoms with E-state index in [0.717, 1.165) is 11.1 Å². The molecule has 6 heteroatoms. The summed E-state index contributed by atoms with van der Waals surface area (Å²) in [5, 5.41) is 15.2. The number of phenolic OH excluding ortho intramolecular Hbond substituents is 1. The Morgan fingerprint density at radius 3 is 2.52 bits per heavy atom. The Balaban J connectivity index is 1.70. The van der Waals surface area contributed by atoms with Crippen molar-refractivity contribution in [3.8, 4) is 5.75 Å². The van der Waals surface area contributed by atoms with Gasteiger partial charge in [-0.1, -0.05) is 47.5 Å². The summed E-state index contributed by atoms with van der Waals surface area (Å²) in [7, 11) is 0. The van der Waals surface area contributed by atoms with E-state index in [4.69, 9.17) is 23.2 Å². The van der Waals surface area contributed by atoms with Crippen LogP contribution in [0.15, 0.2) is 71.8 Å². The summed E-state index contributed by atoms with van der Waals surface area (Å²) in [6, 6.07) is 19.3. The van der Waals surface area contributed by atoms with Gasteiger partial charge in [-0.15, -0.1) is 0 Å². The van der Waals surface area contributed by atoms with Gasteiger partial charge in [-0.2, -0.15) is 5.10 Å². The minimum Gasteiger partial charge on any atom is -0.507 e. The van der Waals surface area contributed by atoms with Crippen LogP contribution in [0.2, 0.25) is 10.0 Å². The van der Waals surface area contributed by atoms with E-state index in [1.807, 2.05) is 30.3 Å². The highest BCUT2D eigenvalue weighted by molar-refractivity contribution is 6.31. The summed E-state index contributed by atoms with van der Waals surface area (Å²) in [6.45, 7) is 0. The van der Waals surface area contributed by atoms with E-state index in [1.54, 1.807) is 36.4 Å². The van der Waals surface area contributed by atoms with Crippen LogP contribution in [0.1, 0.15) is 27.0 Å². The van der Waals surface area contributed by atoms with Crippen LogP contribution >= 0.6 is 23.2 Å². The van der Waals surface area contributed by atoms with Crippen molar-refractivity contribution >= 4 is 35.3 Å². The number of phenols is 1. The summed E-state index contributed by atoms with van der Waals surface area (Å²) >= 11 is 12.0. The van der Waals surface area contributed by atoms with Crippen molar-refractivity contribution in [3.05, 3.63) is 99.0 Å². The Morgan fingerprint density at radius 2 is 1.78 bits per heavy atom. The van der Waals surface area contributed by atoms with Gasteiger partial charge in [0.15, 0.2) is 0 Å². The molecule has 3 aromatic rings. The first-order chi connectivity index (χ1) is 13.0. The van der Waals surface area contributed by atoms with Crippen molar-refractivity contribution < 1.29 is 9.90 Å². The molecule has 27 heavy (non-hydrogen) atoms. The average Bonchev–Trinajstić information content (AvgIpc) is 2.66. The number of halogens is 2. The third-order valence-electron chi connectivity index (χ3n) is 3.92. The average molecular weight is 399 g/mol. The fourth-order valence-electron chi connectivity index (χ4n) is 2.51. The molecule has 0 bridgehead atoms. The van der Waals surface area contributed by atoms with Gasteiger partial charge in [0.2, 0.25) is 0 Å². The van der Waals surface area contributed by atoms with Crippen LogP contribution < -0.4 is 5.43 Å². The molecule has 3 aromatic carbocycles. The van der Waals surface area contributed by atoms with Crippen LogP contribution in [0.4, 0.5) is 0 Å². The van der Waals surface area contributed by atoms with Crippen molar-refractivity contribution in [2.24, 2.45) is 5.10 Å². The third kappa shape index (κ3) is 5.09. The number of nitrogens with zero attached hydrogens (tertiary/aromatic N) is 1. The summed E-state index contributed by atoms with van der Waals surface area (Å²) in [5.41, 5.74) is 5.32. The largest absolute Gasteiger partial charge is 0.507 e. The topological polar surface area (TPSA) is 61.7 Å². The highest BCUT2D eigenvalue weighted by Crippen LogP contribution is 2.22. The molecule has 0 aliphatic rings. The predicted molar refractivity (Wildman–Crippen MR) is 109 cm³/mol. The lowest BCUT2D eigenvalue weighted by atomic mass is 10.0. The lowest BCUT2D eigenvalue weighted by Crippen LogP contribution is -2.17. The van der Waals surface area contributed by atoms with Gasteiger partial charge in [0, 0.05) is 21.2 Å². The Kier molecular flexibility index (Phi) is 6.12. The summed E-state index contributed by atoms with van der Waals surface area (Å²) in [6.07, 6.45) is 2.02. The maximum atomic E-state index is 12.0. The van der Waals surface area contributed by atoms with Crippen molar-refractivity contribution in [2.45, 2.75) is 6.42 Å². The van der Waals surface area contributed by atoms with E-state index in [-0.39, 0.29) is 11.7 Å². The quantitative estimate of drug-likeness (QED) is 0.466. The van der Waals surface area contributed by atoms with Crippen molar-refractivity contribution in [1.29, 1.82) is 0 Å². The van der Waals surface area contributed by atoms with Crippen LogP contribution in [-0.2, 0) is 6.42 Å². The summed E-state index contributed by atoms with van der Waals surface area (Å²) in [5.74, 6) is -0.294. The van der Waals surface area contributed by atoms with E-state index in [0.29, 0.717) is 27.6 Å². The molecule has 0 saturated heterocycles. The zero-order chi connectivity index (χ0) is 19.2. The van der Waals surface area contributed by atoms with Crippen molar-refractivity contribution in [1.82, 2.24) is 5.43 Å². The molecule has 2 N–H and O–H groups in total. The van der Waals surface area contributed by atoms with Crippen LogP contribution in [0.3, 0.4) is 0 Å². The molecule has 136 valence electrons. The second-order valence-corrected chi connectivity index (χ2v) is 6.71. The number of benzene rings is 3. The van der Waals surface area contributed by atoms with Gasteiger partial charge in [-0.3, -0.25) is 4.79 Å². The summed E-state index contributed by atoms with van der Waals surface area (Å²) in [4.78, 5) is 12.0. The number of rotatable bonds is 5. The first-order valence-electron chi connectivity index (χ1n) is 8.17. The van der Waals surface area contributed by atoms with Crippen LogP contribution in [0, 0.1) is 0 Å². The van der Waals surface area contributed by atoms with Gasteiger partial charge in [0.1, 0.15) is 5.75 Å². The molecule has 0 fully saturated rings. The number of carbonyl (C=O) groups is 1.